The average Bonchev–Trinajstić information content (AvgIpc) is 2.98. The fourth-order valence-corrected chi connectivity index (χ4v) is 3.03. The van der Waals surface area contributed by atoms with Crippen LogP contribution in [0, 0.1) is 13.8 Å². The number of benzene rings is 2. The van der Waals surface area contributed by atoms with Gasteiger partial charge in [0.2, 0.25) is 5.91 Å². The predicted octanol–water partition coefficient (Wildman–Crippen LogP) is 3.45. The standard InChI is InChI=1S/C20H22N2O3/c1-14-9-15(2)11-18(10-14)25-13-19(23)21-16-5-3-6-17(12-16)22-8-4-7-20(22)24/h3,5-6,9-12H,4,7-8,13H2,1-2H3,(H,21,23). The lowest BCUT2D eigenvalue weighted by molar-refractivity contribution is -0.118. The fraction of sp³-hybridized carbons (Fsp3) is 0.300. The van der Waals surface area contributed by atoms with Crippen molar-refractivity contribution in [2.24, 2.45) is 0 Å². The van der Waals surface area contributed by atoms with E-state index < -0.39 is 0 Å². The van der Waals surface area contributed by atoms with Gasteiger partial charge >= 0.3 is 0 Å². The van der Waals surface area contributed by atoms with Gasteiger partial charge in [-0.3, -0.25) is 9.59 Å². The topological polar surface area (TPSA) is 58.6 Å². The van der Waals surface area contributed by atoms with Gasteiger partial charge in [0.15, 0.2) is 6.61 Å². The highest BCUT2D eigenvalue weighted by Gasteiger charge is 2.21. The van der Waals surface area contributed by atoms with Gasteiger partial charge in [0.05, 0.1) is 0 Å². The number of hydrogen-bond donors (Lipinski definition) is 1. The van der Waals surface area contributed by atoms with E-state index in [1.54, 1.807) is 11.0 Å². The first-order valence-corrected chi connectivity index (χ1v) is 8.43. The third-order valence-electron chi connectivity index (χ3n) is 4.08. The molecule has 1 aliphatic rings. The highest BCUT2D eigenvalue weighted by molar-refractivity contribution is 5.97. The van der Waals surface area contributed by atoms with Crippen molar-refractivity contribution in [3.8, 4) is 5.75 Å². The first-order chi connectivity index (χ1) is 12.0. The molecule has 1 heterocycles. The number of rotatable bonds is 5. The van der Waals surface area contributed by atoms with Crippen LogP contribution in [-0.4, -0.2) is 25.0 Å². The van der Waals surface area contributed by atoms with Gasteiger partial charge in [-0.25, -0.2) is 0 Å². The summed E-state index contributed by atoms with van der Waals surface area (Å²) in [5.41, 5.74) is 3.67. The molecule has 0 bridgehead atoms. The number of nitrogens with zero attached hydrogens (tertiary/aromatic N) is 1. The number of carbonyl (C=O) groups excluding carboxylic acids is 2. The summed E-state index contributed by atoms with van der Waals surface area (Å²) in [6.07, 6.45) is 1.46. The van der Waals surface area contributed by atoms with Gasteiger partial charge in [0, 0.05) is 24.3 Å². The lowest BCUT2D eigenvalue weighted by Gasteiger charge is -2.17. The first-order valence-electron chi connectivity index (χ1n) is 8.43. The van der Waals surface area contributed by atoms with Crippen LogP contribution in [0.25, 0.3) is 0 Å². The van der Waals surface area contributed by atoms with E-state index in [1.807, 2.05) is 44.2 Å². The van der Waals surface area contributed by atoms with Crippen LogP contribution in [0.3, 0.4) is 0 Å². The van der Waals surface area contributed by atoms with E-state index >= 15 is 0 Å². The summed E-state index contributed by atoms with van der Waals surface area (Å²) < 4.78 is 5.57. The van der Waals surface area contributed by atoms with Crippen LogP contribution >= 0.6 is 0 Å². The molecule has 1 aliphatic heterocycles. The van der Waals surface area contributed by atoms with Crippen LogP contribution in [0.4, 0.5) is 11.4 Å². The van der Waals surface area contributed by atoms with E-state index in [9.17, 15) is 9.59 Å². The molecule has 5 nitrogen and oxygen atoms in total. The molecule has 3 rings (SSSR count). The van der Waals surface area contributed by atoms with Gasteiger partial charge in [-0.1, -0.05) is 12.1 Å². The largest absolute Gasteiger partial charge is 0.484 e. The first kappa shape index (κ1) is 17.0. The molecule has 2 amide bonds. The van der Waals surface area contributed by atoms with E-state index in [2.05, 4.69) is 11.4 Å². The summed E-state index contributed by atoms with van der Waals surface area (Å²) in [5, 5.41) is 2.82. The molecule has 130 valence electrons. The average molecular weight is 338 g/mol. The number of anilines is 2. The quantitative estimate of drug-likeness (QED) is 0.908. The maximum atomic E-state index is 12.1. The van der Waals surface area contributed by atoms with E-state index in [0.717, 1.165) is 29.8 Å². The normalized spacial score (nSPS) is 13.8. The molecule has 0 atom stereocenters. The molecule has 0 unspecified atom stereocenters. The molecule has 2 aromatic carbocycles. The predicted molar refractivity (Wildman–Crippen MR) is 98.1 cm³/mol. The van der Waals surface area contributed by atoms with Crippen LogP contribution in [0.15, 0.2) is 42.5 Å². The Hall–Kier alpha value is -2.82. The van der Waals surface area contributed by atoms with E-state index in [0.29, 0.717) is 17.9 Å². The minimum atomic E-state index is -0.232. The van der Waals surface area contributed by atoms with Crippen molar-refractivity contribution in [1.82, 2.24) is 0 Å². The molecule has 5 heteroatoms. The van der Waals surface area contributed by atoms with Gasteiger partial charge in [-0.05, 0) is 61.7 Å². The maximum Gasteiger partial charge on any atom is 0.262 e. The summed E-state index contributed by atoms with van der Waals surface area (Å²) in [6.45, 7) is 4.65. The Morgan fingerprint density at radius 3 is 2.60 bits per heavy atom. The number of ether oxygens (including phenoxy) is 1. The summed E-state index contributed by atoms with van der Waals surface area (Å²) in [4.78, 5) is 25.7. The van der Waals surface area contributed by atoms with Crippen molar-refractivity contribution in [2.75, 3.05) is 23.4 Å². The Labute approximate surface area is 147 Å². The van der Waals surface area contributed by atoms with Crippen LogP contribution in [-0.2, 0) is 9.59 Å². The van der Waals surface area contributed by atoms with Crippen molar-refractivity contribution in [3.63, 3.8) is 0 Å². The molecule has 0 saturated carbocycles. The number of hydrogen-bond acceptors (Lipinski definition) is 3. The number of amides is 2. The third kappa shape index (κ3) is 4.38. The highest BCUT2D eigenvalue weighted by atomic mass is 16.5. The molecule has 25 heavy (non-hydrogen) atoms. The summed E-state index contributed by atoms with van der Waals surface area (Å²) in [6, 6.07) is 13.2. The Kier molecular flexibility index (Phi) is 5.03. The van der Waals surface area contributed by atoms with Gasteiger partial charge in [-0.2, -0.15) is 0 Å². The van der Waals surface area contributed by atoms with E-state index in [1.165, 1.54) is 0 Å². The minimum Gasteiger partial charge on any atom is -0.484 e. The third-order valence-corrected chi connectivity index (χ3v) is 4.08. The molecule has 0 spiro atoms. The Morgan fingerprint density at radius 2 is 1.92 bits per heavy atom. The highest BCUT2D eigenvalue weighted by Crippen LogP contribution is 2.24. The molecule has 2 aromatic rings. The molecule has 0 aromatic heterocycles. The van der Waals surface area contributed by atoms with Gasteiger partial charge < -0.3 is 15.0 Å². The van der Waals surface area contributed by atoms with Gasteiger partial charge in [-0.15, -0.1) is 0 Å². The van der Waals surface area contributed by atoms with E-state index in [-0.39, 0.29) is 18.4 Å². The molecule has 1 saturated heterocycles. The number of carbonyl (C=O) groups is 2. The monoisotopic (exact) mass is 338 g/mol. The second-order valence-corrected chi connectivity index (χ2v) is 6.36. The number of nitrogens with one attached hydrogen (secondary N) is 1. The lowest BCUT2D eigenvalue weighted by atomic mass is 10.1. The zero-order valence-electron chi connectivity index (χ0n) is 14.5. The van der Waals surface area contributed by atoms with Gasteiger partial charge in [0.25, 0.3) is 5.91 Å². The molecule has 0 aliphatic carbocycles. The summed E-state index contributed by atoms with van der Waals surface area (Å²) in [7, 11) is 0. The smallest absolute Gasteiger partial charge is 0.262 e. The summed E-state index contributed by atoms with van der Waals surface area (Å²) >= 11 is 0. The maximum absolute atomic E-state index is 12.1. The Bertz CT molecular complexity index is 781. The molecule has 1 N–H and O–H groups in total. The Morgan fingerprint density at radius 1 is 1.16 bits per heavy atom. The molecule has 1 fully saturated rings. The van der Waals surface area contributed by atoms with Crippen molar-refractivity contribution in [1.29, 1.82) is 0 Å². The minimum absolute atomic E-state index is 0.0598. The zero-order valence-corrected chi connectivity index (χ0v) is 14.5. The zero-order chi connectivity index (χ0) is 17.8. The SMILES string of the molecule is Cc1cc(C)cc(OCC(=O)Nc2cccc(N3CCCC3=O)c2)c1. The second kappa shape index (κ2) is 7.38. The van der Waals surface area contributed by atoms with Crippen molar-refractivity contribution < 1.29 is 14.3 Å². The molecular formula is C20H22N2O3. The van der Waals surface area contributed by atoms with Crippen LogP contribution < -0.4 is 15.0 Å². The van der Waals surface area contributed by atoms with Crippen molar-refractivity contribution in [2.45, 2.75) is 26.7 Å². The Balaban J connectivity index is 1.60. The van der Waals surface area contributed by atoms with E-state index in [4.69, 9.17) is 4.74 Å². The lowest BCUT2D eigenvalue weighted by Crippen LogP contribution is -2.24. The van der Waals surface area contributed by atoms with Gasteiger partial charge in [0.1, 0.15) is 5.75 Å². The fourth-order valence-electron chi connectivity index (χ4n) is 3.03. The second-order valence-electron chi connectivity index (χ2n) is 6.36. The molecular weight excluding hydrogens is 316 g/mol. The van der Waals surface area contributed by atoms with Crippen LogP contribution in [0.2, 0.25) is 0 Å². The van der Waals surface area contributed by atoms with Crippen LogP contribution in [0.5, 0.6) is 5.75 Å². The van der Waals surface area contributed by atoms with Crippen molar-refractivity contribution >= 4 is 23.2 Å². The summed E-state index contributed by atoms with van der Waals surface area (Å²) in [5.74, 6) is 0.578. The molecule has 0 radical (unpaired) electrons. The van der Waals surface area contributed by atoms with Crippen molar-refractivity contribution in [3.05, 3.63) is 53.6 Å². The van der Waals surface area contributed by atoms with Crippen LogP contribution in [0.1, 0.15) is 24.0 Å². The number of aryl methyl sites for hydroxylation is 2.